The minimum Gasteiger partial charge on any atom is -0.393 e. The van der Waals surface area contributed by atoms with Crippen molar-refractivity contribution in [2.24, 2.45) is 0 Å². The summed E-state index contributed by atoms with van der Waals surface area (Å²) >= 11 is 0. The minimum atomic E-state index is -0.191. The molecule has 0 aliphatic heterocycles. The van der Waals surface area contributed by atoms with Gasteiger partial charge >= 0.3 is 0 Å². The Morgan fingerprint density at radius 1 is 1.47 bits per heavy atom. The second-order valence-electron chi connectivity index (χ2n) is 4.23. The van der Waals surface area contributed by atoms with Crippen molar-refractivity contribution >= 4 is 5.65 Å². The van der Waals surface area contributed by atoms with Crippen LogP contribution in [0.5, 0.6) is 0 Å². The Hall–Kier alpha value is -1.39. The molecule has 0 amide bonds. The summed E-state index contributed by atoms with van der Waals surface area (Å²) in [7, 11) is 0. The Bertz CT molecular complexity index is 433. The van der Waals surface area contributed by atoms with E-state index < -0.39 is 0 Å². The summed E-state index contributed by atoms with van der Waals surface area (Å²) in [5.74, 6) is 0. The molecular formula is C13H19N3O. The lowest BCUT2D eigenvalue weighted by atomic mass is 10.2. The topological polar surface area (TPSA) is 49.6 Å². The maximum absolute atomic E-state index is 9.41. The van der Waals surface area contributed by atoms with Crippen molar-refractivity contribution in [3.63, 3.8) is 0 Å². The van der Waals surface area contributed by atoms with E-state index in [9.17, 15) is 5.11 Å². The van der Waals surface area contributed by atoms with E-state index in [4.69, 9.17) is 0 Å². The van der Waals surface area contributed by atoms with E-state index in [0.717, 1.165) is 37.3 Å². The van der Waals surface area contributed by atoms with Gasteiger partial charge in [-0.2, -0.15) is 0 Å². The highest BCUT2D eigenvalue weighted by atomic mass is 16.3. The van der Waals surface area contributed by atoms with E-state index in [1.807, 2.05) is 41.9 Å². The molecule has 0 saturated carbocycles. The van der Waals surface area contributed by atoms with Crippen LogP contribution in [0.15, 0.2) is 30.6 Å². The first-order valence-corrected chi connectivity index (χ1v) is 6.11. The summed E-state index contributed by atoms with van der Waals surface area (Å²) in [6, 6.07) is 5.96. The molecule has 2 aromatic heterocycles. The first-order chi connectivity index (χ1) is 8.29. The quantitative estimate of drug-likeness (QED) is 0.745. The van der Waals surface area contributed by atoms with E-state index >= 15 is 0 Å². The first kappa shape index (κ1) is 12.1. The van der Waals surface area contributed by atoms with Crippen LogP contribution >= 0.6 is 0 Å². The first-order valence-electron chi connectivity index (χ1n) is 6.11. The molecule has 2 N–H and O–H groups in total. The molecule has 0 saturated heterocycles. The van der Waals surface area contributed by atoms with Gasteiger partial charge in [0.25, 0.3) is 0 Å². The summed E-state index contributed by atoms with van der Waals surface area (Å²) in [6.45, 7) is 3.56. The number of nitrogens with one attached hydrogen (secondary N) is 1. The predicted molar refractivity (Wildman–Crippen MR) is 67.8 cm³/mol. The lowest BCUT2D eigenvalue weighted by Crippen LogP contribution is -2.19. The van der Waals surface area contributed by atoms with Crippen LogP contribution in [0.25, 0.3) is 5.65 Å². The number of fused-ring (bicyclic) bond motifs is 1. The fourth-order valence-electron chi connectivity index (χ4n) is 1.76. The lowest BCUT2D eigenvalue weighted by Gasteiger charge is -2.07. The van der Waals surface area contributed by atoms with Crippen molar-refractivity contribution in [2.45, 2.75) is 32.4 Å². The Morgan fingerprint density at radius 3 is 3.12 bits per heavy atom. The molecule has 1 atom stereocenters. The van der Waals surface area contributed by atoms with Crippen LogP contribution in [-0.4, -0.2) is 27.1 Å². The number of aromatic nitrogens is 2. The van der Waals surface area contributed by atoms with E-state index in [1.165, 1.54) is 0 Å². The number of rotatable bonds is 6. The number of pyridine rings is 1. The van der Waals surface area contributed by atoms with Gasteiger partial charge in [0.15, 0.2) is 0 Å². The Morgan fingerprint density at radius 2 is 2.35 bits per heavy atom. The summed E-state index contributed by atoms with van der Waals surface area (Å²) in [4.78, 5) is 4.49. The zero-order valence-electron chi connectivity index (χ0n) is 10.1. The molecule has 2 heterocycles. The van der Waals surface area contributed by atoms with Crippen molar-refractivity contribution in [3.05, 3.63) is 36.3 Å². The van der Waals surface area contributed by atoms with Gasteiger partial charge in [-0.05, 0) is 31.5 Å². The predicted octanol–water partition coefficient (Wildman–Crippen LogP) is 1.58. The standard InChI is InChI=1S/C13H19N3O/c1-2-12(17)6-7-14-9-11-10-16-8-4-3-5-13(16)15-11/h3-5,8,10,12,14,17H,2,6-7,9H2,1H3. The Labute approximate surface area is 101 Å². The average molecular weight is 233 g/mol. The largest absolute Gasteiger partial charge is 0.393 e. The number of nitrogens with zero attached hydrogens (tertiary/aromatic N) is 2. The van der Waals surface area contributed by atoms with Crippen LogP contribution in [0, 0.1) is 0 Å². The summed E-state index contributed by atoms with van der Waals surface area (Å²) in [6.07, 6.45) is 5.44. The fourth-order valence-corrected chi connectivity index (χ4v) is 1.76. The van der Waals surface area contributed by atoms with Gasteiger partial charge in [-0.25, -0.2) is 4.98 Å². The summed E-state index contributed by atoms with van der Waals surface area (Å²) in [5, 5.41) is 12.7. The molecule has 17 heavy (non-hydrogen) atoms. The summed E-state index contributed by atoms with van der Waals surface area (Å²) in [5.41, 5.74) is 2.00. The highest BCUT2D eigenvalue weighted by molar-refractivity contribution is 5.39. The highest BCUT2D eigenvalue weighted by Gasteiger charge is 2.02. The lowest BCUT2D eigenvalue weighted by molar-refractivity contribution is 0.159. The van der Waals surface area contributed by atoms with Crippen LogP contribution < -0.4 is 5.32 Å². The Kier molecular flexibility index (Phi) is 4.12. The fraction of sp³-hybridized carbons (Fsp3) is 0.462. The van der Waals surface area contributed by atoms with Gasteiger partial charge in [-0.3, -0.25) is 0 Å². The smallest absolute Gasteiger partial charge is 0.137 e. The van der Waals surface area contributed by atoms with Gasteiger partial charge in [0.1, 0.15) is 5.65 Å². The van der Waals surface area contributed by atoms with Gasteiger partial charge in [0.05, 0.1) is 11.8 Å². The normalized spacial score (nSPS) is 13.1. The summed E-state index contributed by atoms with van der Waals surface area (Å²) < 4.78 is 2.01. The maximum atomic E-state index is 9.41. The molecule has 0 aromatic carbocycles. The number of hydrogen-bond acceptors (Lipinski definition) is 3. The zero-order chi connectivity index (χ0) is 12.1. The molecule has 0 aliphatic rings. The molecule has 0 spiro atoms. The van der Waals surface area contributed by atoms with Crippen LogP contribution in [-0.2, 0) is 6.54 Å². The van der Waals surface area contributed by atoms with Crippen molar-refractivity contribution in [3.8, 4) is 0 Å². The third-order valence-electron chi connectivity index (χ3n) is 2.85. The monoisotopic (exact) mass is 233 g/mol. The van der Waals surface area contributed by atoms with Gasteiger partial charge in [0, 0.05) is 18.9 Å². The third kappa shape index (κ3) is 3.28. The van der Waals surface area contributed by atoms with Gasteiger partial charge < -0.3 is 14.8 Å². The van der Waals surface area contributed by atoms with Crippen LogP contribution in [0.4, 0.5) is 0 Å². The van der Waals surface area contributed by atoms with Crippen LogP contribution in [0.2, 0.25) is 0 Å². The van der Waals surface area contributed by atoms with Crippen LogP contribution in [0.1, 0.15) is 25.5 Å². The molecule has 1 unspecified atom stereocenters. The molecule has 92 valence electrons. The van der Waals surface area contributed by atoms with Gasteiger partial charge in [0.2, 0.25) is 0 Å². The molecule has 2 rings (SSSR count). The van der Waals surface area contributed by atoms with Crippen molar-refractivity contribution in [2.75, 3.05) is 6.54 Å². The zero-order valence-corrected chi connectivity index (χ0v) is 10.1. The van der Waals surface area contributed by atoms with E-state index in [-0.39, 0.29) is 6.10 Å². The SMILES string of the molecule is CCC(O)CCNCc1cn2ccccc2n1. The highest BCUT2D eigenvalue weighted by Crippen LogP contribution is 2.04. The number of aliphatic hydroxyl groups is 1. The number of imidazole rings is 1. The molecule has 0 radical (unpaired) electrons. The third-order valence-corrected chi connectivity index (χ3v) is 2.85. The molecule has 4 heteroatoms. The number of hydrogen-bond donors (Lipinski definition) is 2. The van der Waals surface area contributed by atoms with Crippen molar-refractivity contribution < 1.29 is 5.11 Å². The maximum Gasteiger partial charge on any atom is 0.137 e. The molecule has 0 fully saturated rings. The van der Waals surface area contributed by atoms with E-state index in [1.54, 1.807) is 0 Å². The molecule has 0 aliphatic carbocycles. The average Bonchev–Trinajstić information content (AvgIpc) is 2.76. The van der Waals surface area contributed by atoms with E-state index in [2.05, 4.69) is 10.3 Å². The number of aliphatic hydroxyl groups excluding tert-OH is 1. The van der Waals surface area contributed by atoms with Gasteiger partial charge in [-0.1, -0.05) is 13.0 Å². The Balaban J connectivity index is 1.83. The van der Waals surface area contributed by atoms with Gasteiger partial charge in [-0.15, -0.1) is 0 Å². The minimum absolute atomic E-state index is 0.191. The second-order valence-corrected chi connectivity index (χ2v) is 4.23. The molecule has 4 nitrogen and oxygen atoms in total. The second kappa shape index (κ2) is 5.80. The van der Waals surface area contributed by atoms with Crippen molar-refractivity contribution in [1.82, 2.24) is 14.7 Å². The van der Waals surface area contributed by atoms with E-state index in [0.29, 0.717) is 0 Å². The molecule has 0 bridgehead atoms. The van der Waals surface area contributed by atoms with Crippen molar-refractivity contribution in [1.29, 1.82) is 0 Å². The molecular weight excluding hydrogens is 214 g/mol. The van der Waals surface area contributed by atoms with Crippen LogP contribution in [0.3, 0.4) is 0 Å². The molecule has 2 aromatic rings.